The van der Waals surface area contributed by atoms with E-state index in [9.17, 15) is 23.2 Å². The smallest absolute Gasteiger partial charge is 0.387 e. The van der Waals surface area contributed by atoms with E-state index in [0.29, 0.717) is 32.2 Å². The summed E-state index contributed by atoms with van der Waals surface area (Å²) in [5.41, 5.74) is 2.27. The number of aryl methyl sites for hydroxylation is 2. The Kier molecular flexibility index (Phi) is 9.57. The predicted octanol–water partition coefficient (Wildman–Crippen LogP) is 3.74. The third-order valence-electron chi connectivity index (χ3n) is 5.81. The highest BCUT2D eigenvalue weighted by atomic mass is 19.3. The number of benzene rings is 2. The molecule has 1 N–H and O–H groups in total. The molecule has 1 heterocycles. The van der Waals surface area contributed by atoms with Crippen LogP contribution in [0.25, 0.3) is 0 Å². The summed E-state index contributed by atoms with van der Waals surface area (Å²) in [6, 6.07) is 13.8. The number of para-hydroxylation sites is 1. The molecule has 9 heteroatoms. The molecule has 188 valence electrons. The van der Waals surface area contributed by atoms with Crippen LogP contribution in [-0.4, -0.2) is 55.5 Å². The first-order valence-corrected chi connectivity index (χ1v) is 11.7. The lowest BCUT2D eigenvalue weighted by molar-refractivity contribution is -0.150. The molecule has 1 unspecified atom stereocenters. The minimum Gasteiger partial charge on any atom is -0.464 e. The summed E-state index contributed by atoms with van der Waals surface area (Å²) < 4.78 is 35.1. The van der Waals surface area contributed by atoms with Gasteiger partial charge in [-0.05, 0) is 43.9 Å². The van der Waals surface area contributed by atoms with Crippen LogP contribution in [0.15, 0.2) is 48.5 Å². The Morgan fingerprint density at radius 2 is 1.86 bits per heavy atom. The summed E-state index contributed by atoms with van der Waals surface area (Å²) in [7, 11) is 0. The van der Waals surface area contributed by atoms with E-state index in [1.807, 2.05) is 31.2 Å². The second kappa shape index (κ2) is 12.8. The zero-order chi connectivity index (χ0) is 25.2. The fourth-order valence-electron chi connectivity index (χ4n) is 3.93. The van der Waals surface area contributed by atoms with Crippen molar-refractivity contribution >= 4 is 17.8 Å². The van der Waals surface area contributed by atoms with Crippen molar-refractivity contribution in [3.05, 3.63) is 65.2 Å². The van der Waals surface area contributed by atoms with Gasteiger partial charge in [0.05, 0.1) is 18.0 Å². The van der Waals surface area contributed by atoms with E-state index >= 15 is 0 Å². The van der Waals surface area contributed by atoms with Gasteiger partial charge in [-0.25, -0.2) is 0 Å². The standard InChI is InChI=1S/C26H30F2N2O5/c1-18-8-10-19(11-9-18)12-13-23(31)29-14-16-34-25(33)20-5-4-15-30(17-20)24(32)21-6-2-3-7-22(21)35-26(27)28/h2-3,6-11,20,26H,4-5,12-17H2,1H3,(H,29,31). The quantitative estimate of drug-likeness (QED) is 0.407. The molecule has 2 aromatic carbocycles. The van der Waals surface area contributed by atoms with Gasteiger partial charge in [-0.1, -0.05) is 42.0 Å². The molecule has 1 saturated heterocycles. The highest BCUT2D eigenvalue weighted by Gasteiger charge is 2.31. The molecule has 0 radical (unpaired) electrons. The number of hydrogen-bond acceptors (Lipinski definition) is 5. The summed E-state index contributed by atoms with van der Waals surface area (Å²) in [4.78, 5) is 38.9. The number of piperidine rings is 1. The van der Waals surface area contributed by atoms with Crippen LogP contribution in [0, 0.1) is 12.8 Å². The summed E-state index contributed by atoms with van der Waals surface area (Å²) in [5, 5.41) is 2.74. The van der Waals surface area contributed by atoms with Gasteiger partial charge >= 0.3 is 12.6 Å². The van der Waals surface area contributed by atoms with Gasteiger partial charge in [-0.15, -0.1) is 0 Å². The number of hydrogen-bond donors (Lipinski definition) is 1. The van der Waals surface area contributed by atoms with Gasteiger partial charge in [0.2, 0.25) is 5.91 Å². The maximum Gasteiger partial charge on any atom is 0.387 e. The van der Waals surface area contributed by atoms with Gasteiger partial charge in [0, 0.05) is 19.5 Å². The average molecular weight is 489 g/mol. The molecule has 3 rings (SSSR count). The predicted molar refractivity (Wildman–Crippen MR) is 125 cm³/mol. The third kappa shape index (κ3) is 8.05. The molecule has 0 spiro atoms. The van der Waals surface area contributed by atoms with Crippen molar-refractivity contribution in [1.29, 1.82) is 0 Å². The van der Waals surface area contributed by atoms with Gasteiger partial charge in [0.15, 0.2) is 0 Å². The number of ether oxygens (including phenoxy) is 2. The Bertz CT molecular complexity index is 1010. The molecule has 1 atom stereocenters. The Labute approximate surface area is 203 Å². The number of amides is 2. The molecule has 35 heavy (non-hydrogen) atoms. The molecule has 0 aliphatic carbocycles. The minimum atomic E-state index is -3.05. The van der Waals surface area contributed by atoms with Crippen molar-refractivity contribution in [2.45, 2.75) is 39.2 Å². The molecule has 7 nitrogen and oxygen atoms in total. The molecule has 1 aliphatic heterocycles. The van der Waals surface area contributed by atoms with E-state index in [2.05, 4.69) is 10.1 Å². The molecule has 2 aromatic rings. The van der Waals surface area contributed by atoms with Crippen molar-refractivity contribution in [2.75, 3.05) is 26.2 Å². The lowest BCUT2D eigenvalue weighted by Crippen LogP contribution is -2.43. The van der Waals surface area contributed by atoms with Gasteiger partial charge in [-0.3, -0.25) is 14.4 Å². The lowest BCUT2D eigenvalue weighted by atomic mass is 9.97. The van der Waals surface area contributed by atoms with E-state index in [1.165, 1.54) is 23.1 Å². The molecule has 1 aliphatic rings. The minimum absolute atomic E-state index is 0.0233. The molecular weight excluding hydrogens is 458 g/mol. The van der Waals surface area contributed by atoms with Crippen LogP contribution in [-0.2, 0) is 20.7 Å². The van der Waals surface area contributed by atoms with Crippen molar-refractivity contribution in [3.63, 3.8) is 0 Å². The highest BCUT2D eigenvalue weighted by molar-refractivity contribution is 5.97. The largest absolute Gasteiger partial charge is 0.464 e. The number of carbonyl (C=O) groups is 3. The maximum atomic E-state index is 12.9. The van der Waals surface area contributed by atoms with Crippen LogP contribution < -0.4 is 10.1 Å². The third-order valence-corrected chi connectivity index (χ3v) is 5.81. The second-order valence-electron chi connectivity index (χ2n) is 8.47. The van der Waals surface area contributed by atoms with Crippen LogP contribution >= 0.6 is 0 Å². The first-order valence-electron chi connectivity index (χ1n) is 11.7. The highest BCUT2D eigenvalue weighted by Crippen LogP contribution is 2.25. The van der Waals surface area contributed by atoms with Crippen molar-refractivity contribution in [3.8, 4) is 5.75 Å². The lowest BCUT2D eigenvalue weighted by Gasteiger charge is -2.32. The number of alkyl halides is 2. The Morgan fingerprint density at radius 1 is 1.11 bits per heavy atom. The van der Waals surface area contributed by atoms with Crippen LogP contribution in [0.2, 0.25) is 0 Å². The summed E-state index contributed by atoms with van der Waals surface area (Å²) in [5.74, 6) is -1.77. The maximum absolute atomic E-state index is 12.9. The molecular formula is C26H30F2N2O5. The number of likely N-dealkylation sites (tertiary alicyclic amines) is 1. The normalized spacial score (nSPS) is 15.5. The van der Waals surface area contributed by atoms with Gasteiger partial charge in [0.25, 0.3) is 5.91 Å². The van der Waals surface area contributed by atoms with E-state index in [-0.39, 0.29) is 36.9 Å². The van der Waals surface area contributed by atoms with Crippen LogP contribution in [0.4, 0.5) is 8.78 Å². The zero-order valence-corrected chi connectivity index (χ0v) is 19.7. The first kappa shape index (κ1) is 26.1. The summed E-state index contributed by atoms with van der Waals surface area (Å²) in [6.45, 7) is -0.273. The number of nitrogens with zero attached hydrogens (tertiary/aromatic N) is 1. The van der Waals surface area contributed by atoms with E-state index in [4.69, 9.17) is 4.74 Å². The average Bonchev–Trinajstić information content (AvgIpc) is 2.86. The van der Waals surface area contributed by atoms with Gasteiger partial charge < -0.3 is 19.7 Å². The SMILES string of the molecule is Cc1ccc(CCC(=O)NCCOC(=O)C2CCCN(C(=O)c3ccccc3OC(F)F)C2)cc1. The van der Waals surface area contributed by atoms with Crippen molar-refractivity contribution < 1.29 is 32.6 Å². The number of rotatable bonds is 10. The van der Waals surface area contributed by atoms with Gasteiger partial charge in [-0.2, -0.15) is 8.78 Å². The Balaban J connectivity index is 1.41. The molecule has 2 amide bonds. The molecule has 0 aromatic heterocycles. The van der Waals surface area contributed by atoms with Crippen LogP contribution in [0.5, 0.6) is 5.75 Å². The van der Waals surface area contributed by atoms with E-state index in [0.717, 1.165) is 11.1 Å². The molecule has 1 fully saturated rings. The van der Waals surface area contributed by atoms with Crippen LogP contribution in [0.1, 0.15) is 40.7 Å². The monoisotopic (exact) mass is 488 g/mol. The topological polar surface area (TPSA) is 84.9 Å². The zero-order valence-electron chi connectivity index (χ0n) is 19.7. The molecule has 0 saturated carbocycles. The summed E-state index contributed by atoms with van der Waals surface area (Å²) >= 11 is 0. The van der Waals surface area contributed by atoms with Crippen LogP contribution in [0.3, 0.4) is 0 Å². The van der Waals surface area contributed by atoms with E-state index < -0.39 is 24.4 Å². The van der Waals surface area contributed by atoms with Gasteiger partial charge in [0.1, 0.15) is 12.4 Å². The first-order chi connectivity index (χ1) is 16.8. The Hall–Kier alpha value is -3.49. The molecule has 0 bridgehead atoms. The second-order valence-corrected chi connectivity index (χ2v) is 8.47. The number of halogens is 2. The fraction of sp³-hybridized carbons (Fsp3) is 0.423. The fourth-order valence-corrected chi connectivity index (χ4v) is 3.93. The Morgan fingerprint density at radius 3 is 2.60 bits per heavy atom. The number of esters is 1. The van der Waals surface area contributed by atoms with Crippen molar-refractivity contribution in [1.82, 2.24) is 10.2 Å². The number of carbonyl (C=O) groups excluding carboxylic acids is 3. The van der Waals surface area contributed by atoms with Crippen molar-refractivity contribution in [2.24, 2.45) is 5.92 Å². The number of nitrogens with one attached hydrogen (secondary N) is 1. The van der Waals surface area contributed by atoms with E-state index in [1.54, 1.807) is 6.07 Å². The summed E-state index contributed by atoms with van der Waals surface area (Å²) in [6.07, 6.45) is 2.11.